The quantitative estimate of drug-likeness (QED) is 0.745. The number of hydrogen-bond acceptors (Lipinski definition) is 3. The van der Waals surface area contributed by atoms with Crippen LogP contribution in [0.2, 0.25) is 0 Å². The minimum atomic E-state index is -4.61. The van der Waals surface area contributed by atoms with Crippen molar-refractivity contribution in [1.29, 1.82) is 0 Å². The molecule has 120 valence electrons. The van der Waals surface area contributed by atoms with E-state index in [1.54, 1.807) is 12.1 Å². The number of nitrogens with two attached hydrogens (primary N) is 1. The number of nitrogens with one attached hydrogen (secondary N) is 2. The molecule has 0 amide bonds. The molecule has 9 heteroatoms. The van der Waals surface area contributed by atoms with Crippen molar-refractivity contribution < 1.29 is 21.6 Å². The van der Waals surface area contributed by atoms with Crippen LogP contribution >= 0.6 is 0 Å². The van der Waals surface area contributed by atoms with Crippen LogP contribution in [0.25, 0.3) is 0 Å². The Morgan fingerprint density at radius 1 is 1.14 bits per heavy atom. The van der Waals surface area contributed by atoms with Crippen LogP contribution in [0.5, 0.6) is 0 Å². The fourth-order valence-corrected chi connectivity index (χ4v) is 2.35. The highest BCUT2D eigenvalue weighted by molar-refractivity contribution is 7.90. The molecular formula is C12H18F3N3O2S. The monoisotopic (exact) mass is 325 g/mol. The number of anilines is 1. The van der Waals surface area contributed by atoms with Gasteiger partial charge in [-0.15, -0.1) is 0 Å². The van der Waals surface area contributed by atoms with Crippen molar-refractivity contribution in [3.8, 4) is 0 Å². The lowest BCUT2D eigenvalue weighted by atomic mass is 9.85. The van der Waals surface area contributed by atoms with Crippen LogP contribution in [0.4, 0.5) is 18.9 Å². The third-order valence-corrected chi connectivity index (χ3v) is 3.92. The van der Waals surface area contributed by atoms with E-state index in [9.17, 15) is 21.6 Å². The Balaban J connectivity index is 2.76. The van der Waals surface area contributed by atoms with Gasteiger partial charge in [0, 0.05) is 17.6 Å². The number of hydrogen-bond donors (Lipinski definition) is 3. The smallest absolute Gasteiger partial charge is 0.330 e. The summed E-state index contributed by atoms with van der Waals surface area (Å²) in [5, 5.41) is 0. The van der Waals surface area contributed by atoms with Crippen molar-refractivity contribution in [3.05, 3.63) is 29.8 Å². The van der Waals surface area contributed by atoms with Gasteiger partial charge in [0.15, 0.2) is 0 Å². The summed E-state index contributed by atoms with van der Waals surface area (Å²) in [6, 6.07) is 6.29. The maximum Gasteiger partial charge on any atom is 0.402 e. The first-order valence-electron chi connectivity index (χ1n) is 6.10. The second kappa shape index (κ2) is 6.20. The van der Waals surface area contributed by atoms with E-state index in [4.69, 9.17) is 5.73 Å². The number of benzene rings is 1. The van der Waals surface area contributed by atoms with Crippen molar-refractivity contribution >= 4 is 15.9 Å². The SMILES string of the molecule is CC(C)(CN)c1ccc(NS(=O)(=O)NCC(F)(F)F)cc1. The largest absolute Gasteiger partial charge is 0.402 e. The van der Waals surface area contributed by atoms with Crippen LogP contribution in [0.1, 0.15) is 19.4 Å². The van der Waals surface area contributed by atoms with Crippen LogP contribution in [-0.2, 0) is 15.6 Å². The Labute approximate surface area is 121 Å². The van der Waals surface area contributed by atoms with Gasteiger partial charge >= 0.3 is 6.18 Å². The highest BCUT2D eigenvalue weighted by Gasteiger charge is 2.29. The van der Waals surface area contributed by atoms with Crippen LogP contribution in [0.3, 0.4) is 0 Å². The molecule has 0 radical (unpaired) electrons. The summed E-state index contributed by atoms with van der Waals surface area (Å²) in [5.74, 6) is 0. The van der Waals surface area contributed by atoms with E-state index in [0.29, 0.717) is 6.54 Å². The molecule has 21 heavy (non-hydrogen) atoms. The fourth-order valence-electron chi connectivity index (χ4n) is 1.48. The van der Waals surface area contributed by atoms with Crippen molar-refractivity contribution in [2.24, 2.45) is 5.73 Å². The first-order chi connectivity index (χ1) is 9.45. The minimum absolute atomic E-state index is 0.168. The Morgan fingerprint density at radius 3 is 2.10 bits per heavy atom. The zero-order chi connectivity index (χ0) is 16.3. The molecule has 1 aromatic rings. The molecule has 0 aliphatic heterocycles. The van der Waals surface area contributed by atoms with Gasteiger partial charge in [0.25, 0.3) is 10.2 Å². The summed E-state index contributed by atoms with van der Waals surface area (Å²) < 4.78 is 62.3. The van der Waals surface area contributed by atoms with Gasteiger partial charge in [-0.25, -0.2) is 0 Å². The fraction of sp³-hybridized carbons (Fsp3) is 0.500. The lowest BCUT2D eigenvalue weighted by Gasteiger charge is -2.23. The Bertz CT molecular complexity index is 568. The third kappa shape index (κ3) is 5.90. The van der Waals surface area contributed by atoms with E-state index in [1.165, 1.54) is 16.9 Å². The van der Waals surface area contributed by atoms with Crippen LogP contribution in [0.15, 0.2) is 24.3 Å². The van der Waals surface area contributed by atoms with E-state index < -0.39 is 22.9 Å². The van der Waals surface area contributed by atoms with Crippen molar-refractivity contribution in [2.45, 2.75) is 25.4 Å². The van der Waals surface area contributed by atoms with Crippen molar-refractivity contribution in [3.63, 3.8) is 0 Å². The summed E-state index contributed by atoms with van der Waals surface area (Å²) in [6.45, 7) is 2.64. The highest BCUT2D eigenvalue weighted by atomic mass is 32.2. The number of alkyl halides is 3. The van der Waals surface area contributed by atoms with Crippen LogP contribution in [-0.4, -0.2) is 27.7 Å². The van der Waals surface area contributed by atoms with Gasteiger partial charge in [0.05, 0.1) is 0 Å². The van der Waals surface area contributed by atoms with Gasteiger partial charge < -0.3 is 5.73 Å². The van der Waals surface area contributed by atoms with Crippen molar-refractivity contribution in [2.75, 3.05) is 17.8 Å². The third-order valence-electron chi connectivity index (χ3n) is 2.89. The molecule has 0 fully saturated rings. The van der Waals surface area contributed by atoms with E-state index in [-0.39, 0.29) is 11.1 Å². The lowest BCUT2D eigenvalue weighted by molar-refractivity contribution is -0.121. The normalized spacial score (nSPS) is 13.2. The average molecular weight is 325 g/mol. The van der Waals surface area contributed by atoms with E-state index in [2.05, 4.69) is 0 Å². The Kier molecular flexibility index (Phi) is 5.24. The van der Waals surface area contributed by atoms with Gasteiger partial charge in [-0.3, -0.25) is 4.72 Å². The molecule has 1 aromatic carbocycles. The molecule has 0 atom stereocenters. The summed E-state index contributed by atoms with van der Waals surface area (Å²) in [4.78, 5) is 0. The standard InChI is InChI=1S/C12H18F3N3O2S/c1-11(2,7-16)9-3-5-10(6-4-9)18-21(19,20)17-8-12(13,14)15/h3-6,17-18H,7-8,16H2,1-2H3. The van der Waals surface area contributed by atoms with Gasteiger partial charge in [-0.05, 0) is 17.7 Å². The molecule has 0 bridgehead atoms. The summed E-state index contributed by atoms with van der Waals surface area (Å²) in [5.41, 5.74) is 6.43. The van der Waals surface area contributed by atoms with E-state index >= 15 is 0 Å². The maximum atomic E-state index is 12.0. The van der Waals surface area contributed by atoms with Crippen LogP contribution < -0.4 is 15.2 Å². The van der Waals surface area contributed by atoms with Crippen LogP contribution in [0, 0.1) is 0 Å². The molecule has 0 saturated carbocycles. The lowest BCUT2D eigenvalue weighted by Crippen LogP contribution is -2.37. The highest BCUT2D eigenvalue weighted by Crippen LogP contribution is 2.23. The second-order valence-corrected chi connectivity index (χ2v) is 6.71. The van der Waals surface area contributed by atoms with Gasteiger partial charge in [0.2, 0.25) is 0 Å². The molecule has 0 unspecified atom stereocenters. The van der Waals surface area contributed by atoms with Gasteiger partial charge in [-0.2, -0.15) is 26.3 Å². The zero-order valence-corrected chi connectivity index (χ0v) is 12.5. The Morgan fingerprint density at radius 2 is 1.67 bits per heavy atom. The number of halogens is 3. The molecule has 0 spiro atoms. The first-order valence-corrected chi connectivity index (χ1v) is 7.58. The Hall–Kier alpha value is -1.32. The molecular weight excluding hydrogens is 307 g/mol. The van der Waals surface area contributed by atoms with Gasteiger partial charge in [0.1, 0.15) is 6.54 Å². The summed E-state index contributed by atoms with van der Waals surface area (Å²) >= 11 is 0. The number of rotatable bonds is 6. The zero-order valence-electron chi connectivity index (χ0n) is 11.7. The maximum absolute atomic E-state index is 12.0. The molecule has 0 aromatic heterocycles. The predicted octanol–water partition coefficient (Wildman–Crippen LogP) is 1.73. The molecule has 4 N–H and O–H groups in total. The minimum Gasteiger partial charge on any atom is -0.330 e. The molecule has 1 rings (SSSR count). The predicted molar refractivity (Wildman–Crippen MR) is 75.1 cm³/mol. The summed E-state index contributed by atoms with van der Waals surface area (Å²) in [7, 11) is -4.27. The van der Waals surface area contributed by atoms with Crippen molar-refractivity contribution in [1.82, 2.24) is 4.72 Å². The van der Waals surface area contributed by atoms with E-state index in [0.717, 1.165) is 5.56 Å². The topological polar surface area (TPSA) is 84.2 Å². The molecule has 0 aliphatic carbocycles. The van der Waals surface area contributed by atoms with Gasteiger partial charge in [-0.1, -0.05) is 26.0 Å². The van der Waals surface area contributed by atoms with E-state index in [1.807, 2.05) is 18.6 Å². The first kappa shape index (κ1) is 17.7. The molecule has 0 aliphatic rings. The molecule has 0 heterocycles. The molecule has 5 nitrogen and oxygen atoms in total. The summed E-state index contributed by atoms with van der Waals surface area (Å²) in [6.07, 6.45) is -4.61. The average Bonchev–Trinajstić information content (AvgIpc) is 2.36. The second-order valence-electron chi connectivity index (χ2n) is 5.21. The molecule has 0 saturated heterocycles.